The second kappa shape index (κ2) is 8.78. The summed E-state index contributed by atoms with van der Waals surface area (Å²) < 4.78 is 11.0. The van der Waals surface area contributed by atoms with E-state index in [1.54, 1.807) is 7.11 Å². The number of rotatable bonds is 9. The Labute approximate surface area is 109 Å². The van der Waals surface area contributed by atoms with Crippen molar-refractivity contribution in [1.29, 1.82) is 0 Å². The second-order valence-corrected chi connectivity index (χ2v) is 4.13. The molecule has 0 amide bonds. The van der Waals surface area contributed by atoms with E-state index >= 15 is 0 Å². The van der Waals surface area contributed by atoms with Crippen LogP contribution in [-0.2, 0) is 0 Å². The average molecular weight is 253 g/mol. The van der Waals surface area contributed by atoms with Gasteiger partial charge in [-0.15, -0.1) is 0 Å². The van der Waals surface area contributed by atoms with Crippen LogP contribution in [0.15, 0.2) is 24.3 Å². The van der Waals surface area contributed by atoms with E-state index in [-0.39, 0.29) is 12.6 Å². The molecule has 0 radical (unpaired) electrons. The number of ether oxygens (including phenoxy) is 2. The molecule has 2 N–H and O–H groups in total. The van der Waals surface area contributed by atoms with E-state index in [0.29, 0.717) is 13.0 Å². The molecule has 0 aliphatic rings. The van der Waals surface area contributed by atoms with Gasteiger partial charge in [-0.1, -0.05) is 19.1 Å². The number of methoxy groups -OCH3 is 1. The largest absolute Gasteiger partial charge is 0.493 e. The second-order valence-electron chi connectivity index (χ2n) is 4.13. The monoisotopic (exact) mass is 253 g/mol. The van der Waals surface area contributed by atoms with Crippen LogP contribution < -0.4 is 14.8 Å². The fraction of sp³-hybridized carbons (Fsp3) is 0.571. The minimum Gasteiger partial charge on any atom is -0.493 e. The summed E-state index contributed by atoms with van der Waals surface area (Å²) in [6, 6.07) is 7.75. The van der Waals surface area contributed by atoms with Crippen molar-refractivity contribution in [3.05, 3.63) is 24.3 Å². The Morgan fingerprint density at radius 2 is 2.00 bits per heavy atom. The van der Waals surface area contributed by atoms with E-state index in [9.17, 15) is 0 Å². The zero-order valence-electron chi connectivity index (χ0n) is 11.2. The van der Waals surface area contributed by atoms with Gasteiger partial charge in [0.25, 0.3) is 0 Å². The number of hydrogen-bond donors (Lipinski definition) is 2. The van der Waals surface area contributed by atoms with Crippen LogP contribution >= 0.6 is 0 Å². The van der Waals surface area contributed by atoms with Gasteiger partial charge in [0.15, 0.2) is 11.5 Å². The first-order valence-electron chi connectivity index (χ1n) is 6.41. The van der Waals surface area contributed by atoms with Crippen LogP contribution in [0.25, 0.3) is 0 Å². The summed E-state index contributed by atoms with van der Waals surface area (Å²) in [6.45, 7) is 3.74. The highest BCUT2D eigenvalue weighted by molar-refractivity contribution is 5.39. The maximum absolute atomic E-state index is 9.01. The molecular formula is C14H23NO3. The van der Waals surface area contributed by atoms with Crippen LogP contribution in [-0.4, -0.2) is 38.0 Å². The number of para-hydroxylation sites is 2. The van der Waals surface area contributed by atoms with Crippen molar-refractivity contribution in [1.82, 2.24) is 5.32 Å². The molecular weight excluding hydrogens is 230 g/mol. The first-order chi connectivity index (χ1) is 8.81. The molecule has 0 fully saturated rings. The van der Waals surface area contributed by atoms with Crippen LogP contribution in [0, 0.1) is 0 Å². The summed E-state index contributed by atoms with van der Waals surface area (Å²) in [6.07, 6.45) is 1.76. The Kier molecular flexibility index (Phi) is 7.22. The van der Waals surface area contributed by atoms with E-state index in [4.69, 9.17) is 14.6 Å². The summed E-state index contributed by atoms with van der Waals surface area (Å²) in [5.41, 5.74) is 0. The molecule has 1 rings (SSSR count). The van der Waals surface area contributed by atoms with Crippen LogP contribution in [0.4, 0.5) is 0 Å². The lowest BCUT2D eigenvalue weighted by Crippen LogP contribution is -2.36. The summed E-state index contributed by atoms with van der Waals surface area (Å²) in [5.74, 6) is 1.47. The number of benzene rings is 1. The first-order valence-corrected chi connectivity index (χ1v) is 6.41. The Morgan fingerprint density at radius 3 is 2.61 bits per heavy atom. The molecule has 0 aliphatic heterocycles. The number of aliphatic hydroxyl groups excluding tert-OH is 1. The van der Waals surface area contributed by atoms with Gasteiger partial charge in [0, 0.05) is 12.6 Å². The fourth-order valence-electron chi connectivity index (χ4n) is 1.68. The highest BCUT2D eigenvalue weighted by Gasteiger charge is 2.09. The number of nitrogens with one attached hydrogen (secondary N) is 1. The zero-order chi connectivity index (χ0) is 13.2. The Morgan fingerprint density at radius 1 is 1.28 bits per heavy atom. The predicted molar refractivity (Wildman–Crippen MR) is 72.3 cm³/mol. The number of hydrogen-bond acceptors (Lipinski definition) is 4. The molecule has 0 saturated carbocycles. The Bertz CT molecular complexity index is 331. The lowest BCUT2D eigenvalue weighted by molar-refractivity contribution is 0.209. The maximum atomic E-state index is 9.01. The molecule has 0 aromatic heterocycles. The van der Waals surface area contributed by atoms with Gasteiger partial charge in [-0.3, -0.25) is 0 Å². The van der Waals surface area contributed by atoms with Crippen molar-refractivity contribution < 1.29 is 14.6 Å². The first kappa shape index (κ1) is 14.8. The van der Waals surface area contributed by atoms with Crippen molar-refractivity contribution in [3.63, 3.8) is 0 Å². The van der Waals surface area contributed by atoms with E-state index in [0.717, 1.165) is 24.5 Å². The smallest absolute Gasteiger partial charge is 0.161 e. The van der Waals surface area contributed by atoms with Crippen molar-refractivity contribution in [3.8, 4) is 11.5 Å². The lowest BCUT2D eigenvalue weighted by Gasteiger charge is -2.19. The molecule has 1 unspecified atom stereocenters. The van der Waals surface area contributed by atoms with Crippen molar-refractivity contribution in [2.45, 2.75) is 25.8 Å². The average Bonchev–Trinajstić information content (AvgIpc) is 2.42. The van der Waals surface area contributed by atoms with Gasteiger partial charge in [0.05, 0.1) is 7.11 Å². The van der Waals surface area contributed by atoms with Crippen LogP contribution in [0.3, 0.4) is 0 Å². The molecule has 0 saturated heterocycles. The Hall–Kier alpha value is -1.26. The van der Waals surface area contributed by atoms with E-state index in [2.05, 4.69) is 12.2 Å². The third kappa shape index (κ3) is 4.94. The van der Waals surface area contributed by atoms with Crippen molar-refractivity contribution in [2.24, 2.45) is 0 Å². The lowest BCUT2D eigenvalue weighted by atomic mass is 10.2. The summed E-state index contributed by atoms with van der Waals surface area (Å²) in [4.78, 5) is 0. The third-order valence-electron chi connectivity index (χ3n) is 2.67. The minimum atomic E-state index is 0.163. The molecule has 0 bridgehead atoms. The highest BCUT2D eigenvalue weighted by atomic mass is 16.5. The summed E-state index contributed by atoms with van der Waals surface area (Å²) in [7, 11) is 1.63. The van der Waals surface area contributed by atoms with Crippen LogP contribution in [0.5, 0.6) is 11.5 Å². The molecule has 4 nitrogen and oxygen atoms in total. The topological polar surface area (TPSA) is 50.7 Å². The molecule has 18 heavy (non-hydrogen) atoms. The molecule has 1 atom stereocenters. The molecule has 0 heterocycles. The predicted octanol–water partition coefficient (Wildman–Crippen LogP) is 1.82. The molecule has 4 heteroatoms. The zero-order valence-corrected chi connectivity index (χ0v) is 11.2. The fourth-order valence-corrected chi connectivity index (χ4v) is 1.68. The third-order valence-corrected chi connectivity index (χ3v) is 2.67. The van der Waals surface area contributed by atoms with E-state index in [1.807, 2.05) is 24.3 Å². The van der Waals surface area contributed by atoms with Gasteiger partial charge in [0.1, 0.15) is 6.61 Å². The highest BCUT2D eigenvalue weighted by Crippen LogP contribution is 2.25. The Balaban J connectivity index is 2.49. The van der Waals surface area contributed by atoms with Crippen LogP contribution in [0.1, 0.15) is 19.8 Å². The molecule has 1 aromatic rings. The quantitative estimate of drug-likeness (QED) is 0.705. The molecule has 0 spiro atoms. The van der Waals surface area contributed by atoms with Gasteiger partial charge in [-0.25, -0.2) is 0 Å². The van der Waals surface area contributed by atoms with Crippen LogP contribution in [0.2, 0.25) is 0 Å². The van der Waals surface area contributed by atoms with E-state index < -0.39 is 0 Å². The SMILES string of the molecule is CCCNC(CCO)COc1ccccc1OC. The summed E-state index contributed by atoms with van der Waals surface area (Å²) >= 11 is 0. The minimum absolute atomic E-state index is 0.163. The van der Waals surface area contributed by atoms with Gasteiger partial charge in [-0.2, -0.15) is 0 Å². The van der Waals surface area contributed by atoms with Gasteiger partial charge in [-0.05, 0) is 31.5 Å². The van der Waals surface area contributed by atoms with Crippen molar-refractivity contribution >= 4 is 0 Å². The van der Waals surface area contributed by atoms with Crippen molar-refractivity contribution in [2.75, 3.05) is 26.9 Å². The molecule has 102 valence electrons. The maximum Gasteiger partial charge on any atom is 0.161 e. The van der Waals surface area contributed by atoms with Gasteiger partial charge >= 0.3 is 0 Å². The standard InChI is InChI=1S/C14H23NO3/c1-3-9-15-12(8-10-16)11-18-14-7-5-4-6-13(14)17-2/h4-7,12,15-16H,3,8-11H2,1-2H3. The van der Waals surface area contributed by atoms with E-state index in [1.165, 1.54) is 0 Å². The van der Waals surface area contributed by atoms with Gasteiger partial charge < -0.3 is 19.9 Å². The molecule has 0 aliphatic carbocycles. The summed E-state index contributed by atoms with van der Waals surface area (Å²) in [5, 5.41) is 12.4. The molecule has 1 aromatic carbocycles. The number of aliphatic hydroxyl groups is 1. The normalized spacial score (nSPS) is 12.2. The van der Waals surface area contributed by atoms with Gasteiger partial charge in [0.2, 0.25) is 0 Å².